The Morgan fingerprint density at radius 2 is 2.17 bits per heavy atom. The third-order valence-corrected chi connectivity index (χ3v) is 3.23. The van der Waals surface area contributed by atoms with Crippen LogP contribution in [0.4, 0.5) is 10.1 Å². The zero-order valence-electron chi connectivity index (χ0n) is 8.98. The van der Waals surface area contributed by atoms with E-state index in [-0.39, 0.29) is 10.2 Å². The minimum absolute atomic E-state index is 0.0710. The zero-order chi connectivity index (χ0) is 13.5. The predicted molar refractivity (Wildman–Crippen MR) is 62.5 cm³/mol. The molecular formula is C10H8BrFN2O4. The Kier molecular flexibility index (Phi) is 2.97. The Bertz CT molecular complexity index is 522. The second kappa shape index (κ2) is 4.20. The molecule has 0 radical (unpaired) electrons. The number of nitrogens with two attached hydrogens (primary N) is 1. The van der Waals surface area contributed by atoms with Crippen molar-refractivity contribution in [1.82, 2.24) is 0 Å². The van der Waals surface area contributed by atoms with Crippen LogP contribution in [-0.4, -0.2) is 16.4 Å². The summed E-state index contributed by atoms with van der Waals surface area (Å²) in [6.45, 7) is 0. The smallest absolute Gasteiger partial charge is 0.273 e. The van der Waals surface area contributed by atoms with Crippen LogP contribution in [0, 0.1) is 15.9 Å². The van der Waals surface area contributed by atoms with E-state index in [0.717, 1.165) is 12.1 Å². The molecule has 18 heavy (non-hydrogen) atoms. The summed E-state index contributed by atoms with van der Waals surface area (Å²) in [5, 5.41) is 10.5. The summed E-state index contributed by atoms with van der Waals surface area (Å²) >= 11 is 2.97. The van der Waals surface area contributed by atoms with Crippen molar-refractivity contribution in [2.75, 3.05) is 0 Å². The number of non-ortho nitro benzene ring substituents is 1. The van der Waals surface area contributed by atoms with Gasteiger partial charge in [-0.15, -0.1) is 0 Å². The van der Waals surface area contributed by atoms with E-state index in [0.29, 0.717) is 12.8 Å². The highest BCUT2D eigenvalue weighted by Crippen LogP contribution is 2.43. The van der Waals surface area contributed by atoms with Gasteiger partial charge in [0, 0.05) is 18.9 Å². The molecular weight excluding hydrogens is 311 g/mol. The molecule has 0 aliphatic heterocycles. The van der Waals surface area contributed by atoms with E-state index in [1.54, 1.807) is 0 Å². The molecule has 1 aromatic carbocycles. The number of nitrogens with zero attached hydrogens (tertiary/aromatic N) is 1. The fourth-order valence-corrected chi connectivity index (χ4v) is 1.96. The molecule has 6 nitrogen and oxygen atoms in total. The lowest BCUT2D eigenvalue weighted by Crippen LogP contribution is -2.36. The van der Waals surface area contributed by atoms with Gasteiger partial charge in [0.25, 0.3) is 11.6 Å². The van der Waals surface area contributed by atoms with Crippen LogP contribution in [-0.2, 0) is 4.79 Å². The first-order valence-corrected chi connectivity index (χ1v) is 5.77. The molecule has 1 aliphatic rings. The molecule has 0 bridgehead atoms. The lowest BCUT2D eigenvalue weighted by atomic mass is 10.2. The molecule has 0 atom stereocenters. The minimum Gasteiger partial charge on any atom is -0.473 e. The summed E-state index contributed by atoms with van der Waals surface area (Å²) in [6.07, 6.45) is 0.816. The molecule has 1 saturated carbocycles. The van der Waals surface area contributed by atoms with Crippen molar-refractivity contribution in [2.24, 2.45) is 5.73 Å². The van der Waals surface area contributed by atoms with Gasteiger partial charge < -0.3 is 10.5 Å². The number of carbonyl (C=O) groups is 1. The number of nitro benzene ring substituents is 1. The largest absolute Gasteiger partial charge is 0.473 e. The predicted octanol–water partition coefficient (Wildman–Crippen LogP) is 1.89. The van der Waals surface area contributed by atoms with E-state index in [1.807, 2.05) is 0 Å². The van der Waals surface area contributed by atoms with Crippen molar-refractivity contribution in [3.8, 4) is 5.75 Å². The van der Waals surface area contributed by atoms with Gasteiger partial charge in [-0.2, -0.15) is 0 Å². The molecule has 8 heteroatoms. The lowest BCUT2D eigenvalue weighted by Gasteiger charge is -2.16. The minimum atomic E-state index is -1.18. The van der Waals surface area contributed by atoms with Gasteiger partial charge in [-0.05, 0) is 15.9 Å². The quantitative estimate of drug-likeness (QED) is 0.677. The number of hydrogen-bond acceptors (Lipinski definition) is 4. The number of carbonyl (C=O) groups excluding carboxylic acids is 1. The summed E-state index contributed by atoms with van der Waals surface area (Å²) in [5.41, 5.74) is 3.56. The van der Waals surface area contributed by atoms with Gasteiger partial charge in [-0.1, -0.05) is 0 Å². The topological polar surface area (TPSA) is 95.5 Å². The first kappa shape index (κ1) is 12.7. The van der Waals surface area contributed by atoms with E-state index < -0.39 is 27.9 Å². The molecule has 2 N–H and O–H groups in total. The first-order chi connectivity index (χ1) is 8.35. The van der Waals surface area contributed by atoms with Crippen LogP contribution in [0.15, 0.2) is 16.6 Å². The average Bonchev–Trinajstić information content (AvgIpc) is 3.04. The van der Waals surface area contributed by atoms with Gasteiger partial charge in [0.05, 0.1) is 15.5 Å². The standard InChI is InChI=1S/C10H8BrFN2O4/c11-6-3-5(14(16)17)4-7(12)8(6)18-10(1-2-10)9(13)15/h3-4H,1-2H2,(H2,13,15). The summed E-state index contributed by atoms with van der Waals surface area (Å²) in [6, 6.07) is 1.84. The number of amides is 1. The van der Waals surface area contributed by atoms with E-state index in [1.165, 1.54) is 0 Å². The maximum absolute atomic E-state index is 13.7. The number of rotatable bonds is 4. The molecule has 0 heterocycles. The van der Waals surface area contributed by atoms with Crippen molar-refractivity contribution < 1.29 is 18.8 Å². The highest BCUT2D eigenvalue weighted by Gasteiger charge is 2.52. The van der Waals surface area contributed by atoms with Crippen molar-refractivity contribution in [2.45, 2.75) is 18.4 Å². The Labute approximate surface area is 109 Å². The number of nitro groups is 1. The van der Waals surface area contributed by atoms with Gasteiger partial charge in [-0.25, -0.2) is 4.39 Å². The Hall–Kier alpha value is -1.70. The molecule has 1 aliphatic carbocycles. The molecule has 0 spiro atoms. The third kappa shape index (κ3) is 2.15. The van der Waals surface area contributed by atoms with Crippen molar-refractivity contribution in [3.63, 3.8) is 0 Å². The van der Waals surface area contributed by atoms with Crippen molar-refractivity contribution >= 4 is 27.5 Å². The van der Waals surface area contributed by atoms with E-state index >= 15 is 0 Å². The van der Waals surface area contributed by atoms with Crippen LogP contribution in [0.5, 0.6) is 5.75 Å². The number of benzene rings is 1. The van der Waals surface area contributed by atoms with Gasteiger partial charge in [0.15, 0.2) is 17.2 Å². The number of primary amides is 1. The number of ether oxygens (including phenoxy) is 1. The molecule has 1 aromatic rings. The van der Waals surface area contributed by atoms with E-state index in [9.17, 15) is 19.3 Å². The molecule has 1 amide bonds. The Balaban J connectivity index is 2.35. The summed E-state index contributed by atoms with van der Waals surface area (Å²) in [5.74, 6) is -1.83. The van der Waals surface area contributed by atoms with Crippen LogP contribution in [0.1, 0.15) is 12.8 Å². The lowest BCUT2D eigenvalue weighted by molar-refractivity contribution is -0.385. The SMILES string of the molecule is NC(=O)C1(Oc2c(F)cc([N+](=O)[O-])cc2Br)CC1. The summed E-state index contributed by atoms with van der Waals surface area (Å²) < 4.78 is 19.0. The fraction of sp³-hybridized carbons (Fsp3) is 0.300. The zero-order valence-corrected chi connectivity index (χ0v) is 10.6. The molecule has 2 rings (SSSR count). The number of hydrogen-bond donors (Lipinski definition) is 1. The average molecular weight is 319 g/mol. The van der Waals surface area contributed by atoms with Gasteiger partial charge in [0.1, 0.15) is 0 Å². The highest BCUT2D eigenvalue weighted by molar-refractivity contribution is 9.10. The monoisotopic (exact) mass is 318 g/mol. The molecule has 1 fully saturated rings. The second-order valence-electron chi connectivity index (χ2n) is 3.96. The normalized spacial score (nSPS) is 16.1. The van der Waals surface area contributed by atoms with Crippen LogP contribution >= 0.6 is 15.9 Å². The highest BCUT2D eigenvalue weighted by atomic mass is 79.9. The molecule has 0 aromatic heterocycles. The van der Waals surface area contributed by atoms with Crippen LogP contribution in [0.2, 0.25) is 0 Å². The van der Waals surface area contributed by atoms with Gasteiger partial charge in [-0.3, -0.25) is 14.9 Å². The second-order valence-corrected chi connectivity index (χ2v) is 4.81. The van der Waals surface area contributed by atoms with Gasteiger partial charge >= 0.3 is 0 Å². The summed E-state index contributed by atoms with van der Waals surface area (Å²) in [7, 11) is 0. The van der Waals surface area contributed by atoms with Crippen LogP contribution < -0.4 is 10.5 Å². The fourth-order valence-electron chi connectivity index (χ4n) is 1.46. The van der Waals surface area contributed by atoms with E-state index in [2.05, 4.69) is 15.9 Å². The van der Waals surface area contributed by atoms with Crippen molar-refractivity contribution in [3.05, 3.63) is 32.5 Å². The van der Waals surface area contributed by atoms with E-state index in [4.69, 9.17) is 10.5 Å². The van der Waals surface area contributed by atoms with Crippen molar-refractivity contribution in [1.29, 1.82) is 0 Å². The first-order valence-electron chi connectivity index (χ1n) is 4.98. The maximum atomic E-state index is 13.7. The van der Waals surface area contributed by atoms with Crippen LogP contribution in [0.3, 0.4) is 0 Å². The maximum Gasteiger partial charge on any atom is 0.273 e. The Morgan fingerprint density at radius 1 is 1.56 bits per heavy atom. The third-order valence-electron chi connectivity index (χ3n) is 2.64. The van der Waals surface area contributed by atoms with Gasteiger partial charge in [0.2, 0.25) is 0 Å². The van der Waals surface area contributed by atoms with Crippen LogP contribution in [0.25, 0.3) is 0 Å². The molecule has 0 unspecified atom stereocenters. The Morgan fingerprint density at radius 3 is 2.56 bits per heavy atom. The molecule has 0 saturated heterocycles. The number of halogens is 2. The summed E-state index contributed by atoms with van der Waals surface area (Å²) in [4.78, 5) is 20.9. The molecule has 96 valence electrons.